The third-order valence-electron chi connectivity index (χ3n) is 4.98. The Morgan fingerprint density at radius 2 is 1.90 bits per heavy atom. The minimum absolute atomic E-state index is 0.113. The average Bonchev–Trinajstić information content (AvgIpc) is 2.70. The lowest BCUT2D eigenvalue weighted by Gasteiger charge is -2.32. The molecule has 0 unspecified atom stereocenters. The van der Waals surface area contributed by atoms with Gasteiger partial charge in [-0.05, 0) is 37.0 Å². The number of hydrogen-bond donors (Lipinski definition) is 2. The van der Waals surface area contributed by atoms with Gasteiger partial charge in [0.1, 0.15) is 12.4 Å². The number of nitrogens with zero attached hydrogens (tertiary/aromatic N) is 1. The van der Waals surface area contributed by atoms with Crippen LogP contribution in [0.25, 0.3) is 0 Å². The third-order valence-corrected chi connectivity index (χ3v) is 4.98. The van der Waals surface area contributed by atoms with Crippen LogP contribution in [-0.4, -0.2) is 43.1 Å². The minimum Gasteiger partial charge on any atom is -0.487 e. The molecule has 0 aromatic heterocycles. The van der Waals surface area contributed by atoms with Crippen molar-refractivity contribution in [2.45, 2.75) is 38.8 Å². The molecule has 5 nitrogen and oxygen atoms in total. The summed E-state index contributed by atoms with van der Waals surface area (Å²) >= 11 is 0. The van der Waals surface area contributed by atoms with E-state index in [1.807, 2.05) is 18.2 Å². The molecule has 1 saturated heterocycles. The predicted molar refractivity (Wildman–Crippen MR) is 110 cm³/mol. The fourth-order valence-electron chi connectivity index (χ4n) is 3.42. The first-order valence-electron chi connectivity index (χ1n) is 9.85. The van der Waals surface area contributed by atoms with Gasteiger partial charge in [0, 0.05) is 37.4 Å². The molecule has 1 heterocycles. The van der Waals surface area contributed by atoms with E-state index in [4.69, 9.17) is 4.74 Å². The van der Waals surface area contributed by atoms with Crippen LogP contribution in [0.1, 0.15) is 24.0 Å². The third kappa shape index (κ3) is 6.71. The number of halogens is 2. The molecule has 0 radical (unpaired) electrons. The summed E-state index contributed by atoms with van der Waals surface area (Å²) in [5.41, 5.74) is 2.54. The van der Waals surface area contributed by atoms with Crippen molar-refractivity contribution >= 4 is 11.7 Å². The predicted octanol–water partition coefficient (Wildman–Crippen LogP) is 4.43. The highest BCUT2D eigenvalue weighted by atomic mass is 19.3. The maximum Gasteiger partial charge on any atom is 0.319 e. The Morgan fingerprint density at radius 1 is 1.17 bits per heavy atom. The summed E-state index contributed by atoms with van der Waals surface area (Å²) in [6, 6.07) is 15.2. The lowest BCUT2D eigenvalue weighted by Crippen LogP contribution is -2.45. The summed E-state index contributed by atoms with van der Waals surface area (Å²) in [7, 11) is 0. The number of ether oxygens (including phenoxy) is 1. The van der Waals surface area contributed by atoms with Crippen LogP contribution in [0.3, 0.4) is 0 Å². The number of alkyl halides is 2. The summed E-state index contributed by atoms with van der Waals surface area (Å²) < 4.78 is 29.8. The number of likely N-dealkylation sites (tertiary alicyclic amines) is 1. The van der Waals surface area contributed by atoms with E-state index in [1.54, 1.807) is 25.1 Å². The number of carbonyl (C=O) groups excluding carboxylic acids is 1. The molecule has 1 aliphatic heterocycles. The Bertz CT molecular complexity index is 794. The molecule has 1 fully saturated rings. The van der Waals surface area contributed by atoms with E-state index in [0.717, 1.165) is 38.0 Å². The number of hydrogen-bond acceptors (Lipinski definition) is 3. The molecular formula is C22H27F2N3O2. The van der Waals surface area contributed by atoms with Crippen molar-refractivity contribution in [2.75, 3.05) is 25.0 Å². The van der Waals surface area contributed by atoms with Gasteiger partial charge in [-0.15, -0.1) is 0 Å². The van der Waals surface area contributed by atoms with E-state index < -0.39 is 13.0 Å². The SMILES string of the molecule is Cc1ccc(NC(=O)NC2CCN(Cc3ccccc3)CC2)cc1OCC(F)F. The van der Waals surface area contributed by atoms with Crippen LogP contribution in [0.5, 0.6) is 5.75 Å². The molecule has 1 aliphatic rings. The summed E-state index contributed by atoms with van der Waals surface area (Å²) in [6.07, 6.45) is -0.768. The smallest absolute Gasteiger partial charge is 0.319 e. The highest BCUT2D eigenvalue weighted by molar-refractivity contribution is 5.89. The summed E-state index contributed by atoms with van der Waals surface area (Å²) in [4.78, 5) is 14.7. The number of benzene rings is 2. The fraction of sp³-hybridized carbons (Fsp3) is 0.409. The van der Waals surface area contributed by atoms with Crippen LogP contribution in [0, 0.1) is 6.92 Å². The van der Waals surface area contributed by atoms with E-state index in [-0.39, 0.29) is 12.1 Å². The molecule has 0 bridgehead atoms. The number of anilines is 1. The molecule has 0 aliphatic carbocycles. The van der Waals surface area contributed by atoms with Gasteiger partial charge in [-0.25, -0.2) is 13.6 Å². The normalized spacial score (nSPS) is 15.3. The van der Waals surface area contributed by atoms with Gasteiger partial charge in [-0.1, -0.05) is 36.4 Å². The van der Waals surface area contributed by atoms with Crippen molar-refractivity contribution < 1.29 is 18.3 Å². The van der Waals surface area contributed by atoms with Crippen molar-refractivity contribution in [3.05, 3.63) is 59.7 Å². The van der Waals surface area contributed by atoms with Gasteiger partial charge >= 0.3 is 6.03 Å². The highest BCUT2D eigenvalue weighted by Gasteiger charge is 2.21. The van der Waals surface area contributed by atoms with Crippen molar-refractivity contribution in [1.82, 2.24) is 10.2 Å². The van der Waals surface area contributed by atoms with E-state index in [2.05, 4.69) is 27.7 Å². The molecule has 0 spiro atoms. The molecule has 0 atom stereocenters. The molecular weight excluding hydrogens is 376 g/mol. The van der Waals surface area contributed by atoms with E-state index in [9.17, 15) is 13.6 Å². The first-order chi connectivity index (χ1) is 14.0. The Hall–Kier alpha value is -2.67. The molecule has 2 aromatic carbocycles. The van der Waals surface area contributed by atoms with Crippen LogP contribution in [0.15, 0.2) is 48.5 Å². The van der Waals surface area contributed by atoms with Crippen LogP contribution in [0.4, 0.5) is 19.3 Å². The maximum atomic E-state index is 12.4. The first kappa shape index (κ1) is 21.0. The van der Waals surface area contributed by atoms with Crippen LogP contribution in [-0.2, 0) is 6.54 Å². The number of rotatable bonds is 7. The van der Waals surface area contributed by atoms with Gasteiger partial charge in [0.15, 0.2) is 0 Å². The lowest BCUT2D eigenvalue weighted by atomic mass is 10.0. The Kier molecular flexibility index (Phi) is 7.41. The second kappa shape index (κ2) is 10.2. The molecule has 2 N–H and O–H groups in total. The fourth-order valence-corrected chi connectivity index (χ4v) is 3.42. The monoisotopic (exact) mass is 403 g/mol. The van der Waals surface area contributed by atoms with Gasteiger partial charge < -0.3 is 15.4 Å². The van der Waals surface area contributed by atoms with Gasteiger partial charge in [-0.3, -0.25) is 4.90 Å². The molecule has 7 heteroatoms. The van der Waals surface area contributed by atoms with E-state index in [1.165, 1.54) is 5.56 Å². The van der Waals surface area contributed by atoms with Gasteiger partial charge in [-0.2, -0.15) is 0 Å². The zero-order valence-corrected chi connectivity index (χ0v) is 16.5. The zero-order chi connectivity index (χ0) is 20.6. The van der Waals surface area contributed by atoms with Gasteiger partial charge in [0.2, 0.25) is 0 Å². The van der Waals surface area contributed by atoms with E-state index in [0.29, 0.717) is 11.4 Å². The van der Waals surface area contributed by atoms with Gasteiger partial charge in [0.05, 0.1) is 0 Å². The van der Waals surface area contributed by atoms with Crippen LogP contribution in [0.2, 0.25) is 0 Å². The van der Waals surface area contributed by atoms with Crippen molar-refractivity contribution in [3.8, 4) is 5.75 Å². The second-order valence-corrected chi connectivity index (χ2v) is 7.32. The van der Waals surface area contributed by atoms with Crippen molar-refractivity contribution in [1.29, 1.82) is 0 Å². The minimum atomic E-state index is -2.54. The molecule has 0 saturated carbocycles. The molecule has 2 amide bonds. The van der Waals surface area contributed by atoms with E-state index >= 15 is 0 Å². The van der Waals surface area contributed by atoms with Crippen molar-refractivity contribution in [2.24, 2.45) is 0 Å². The van der Waals surface area contributed by atoms with Crippen LogP contribution < -0.4 is 15.4 Å². The first-order valence-corrected chi connectivity index (χ1v) is 9.85. The second-order valence-electron chi connectivity index (χ2n) is 7.32. The van der Waals surface area contributed by atoms with Crippen molar-refractivity contribution in [3.63, 3.8) is 0 Å². The zero-order valence-electron chi connectivity index (χ0n) is 16.5. The number of aryl methyl sites for hydroxylation is 1. The number of nitrogens with one attached hydrogen (secondary N) is 2. The topological polar surface area (TPSA) is 53.6 Å². The largest absolute Gasteiger partial charge is 0.487 e. The Labute approximate surface area is 170 Å². The number of amides is 2. The highest BCUT2D eigenvalue weighted by Crippen LogP contribution is 2.23. The van der Waals surface area contributed by atoms with Gasteiger partial charge in [0.25, 0.3) is 6.43 Å². The molecule has 156 valence electrons. The summed E-state index contributed by atoms with van der Waals surface area (Å²) in [5, 5.41) is 5.76. The standard InChI is InChI=1S/C22H27F2N3O2/c1-16-7-8-19(13-20(16)29-15-21(23)24)26-22(28)25-18-9-11-27(12-10-18)14-17-5-3-2-4-6-17/h2-8,13,18,21H,9-12,14-15H2,1H3,(H2,25,26,28). The molecule has 3 rings (SSSR count). The Balaban J connectivity index is 1.45. The molecule has 29 heavy (non-hydrogen) atoms. The Morgan fingerprint density at radius 3 is 2.59 bits per heavy atom. The number of carbonyl (C=O) groups is 1. The quantitative estimate of drug-likeness (QED) is 0.719. The molecule has 2 aromatic rings. The number of urea groups is 1. The lowest BCUT2D eigenvalue weighted by molar-refractivity contribution is 0.0816. The summed E-state index contributed by atoms with van der Waals surface area (Å²) in [6.45, 7) is 3.88. The maximum absolute atomic E-state index is 12.4. The number of piperidine rings is 1. The summed E-state index contributed by atoms with van der Waals surface area (Å²) in [5.74, 6) is 0.345. The average molecular weight is 403 g/mol. The van der Waals surface area contributed by atoms with Crippen LogP contribution >= 0.6 is 0 Å².